The fraction of sp³-hybridized carbons (Fsp3) is 0.737. The lowest BCUT2D eigenvalue weighted by Gasteiger charge is -2.31. The van der Waals surface area contributed by atoms with Crippen molar-refractivity contribution in [2.75, 3.05) is 31.7 Å². The summed E-state index contributed by atoms with van der Waals surface area (Å²) in [5.41, 5.74) is 2.26. The van der Waals surface area contributed by atoms with E-state index >= 15 is 0 Å². The molecule has 1 aliphatic heterocycles. The van der Waals surface area contributed by atoms with Crippen LogP contribution in [0.5, 0.6) is 0 Å². The first-order valence-corrected chi connectivity index (χ1v) is 9.33. The summed E-state index contributed by atoms with van der Waals surface area (Å²) in [6.07, 6.45) is 3.78. The molecule has 1 saturated heterocycles. The lowest BCUT2D eigenvalue weighted by molar-refractivity contribution is -0.123. The number of nitrogens with one attached hydrogen (secondary N) is 1. The number of hydrogen-bond donors (Lipinski definition) is 1. The summed E-state index contributed by atoms with van der Waals surface area (Å²) < 4.78 is 4.98. The minimum Gasteiger partial charge on any atom is -0.384 e. The summed E-state index contributed by atoms with van der Waals surface area (Å²) in [5.74, 6) is 3.40. The van der Waals surface area contributed by atoms with Crippen molar-refractivity contribution in [1.82, 2.24) is 15.3 Å². The average Bonchev–Trinajstić information content (AvgIpc) is 2.99. The molecule has 0 spiro atoms. The van der Waals surface area contributed by atoms with Gasteiger partial charge in [0, 0.05) is 43.9 Å². The van der Waals surface area contributed by atoms with E-state index in [1.807, 2.05) is 6.92 Å². The molecule has 1 saturated carbocycles. The van der Waals surface area contributed by atoms with Gasteiger partial charge in [0.15, 0.2) is 0 Å². The first-order chi connectivity index (χ1) is 12.0. The van der Waals surface area contributed by atoms with E-state index in [0.717, 1.165) is 43.3 Å². The Bertz CT molecular complexity index is 634. The number of carbonyl (C=O) groups excluding carboxylic acids is 1. The van der Waals surface area contributed by atoms with E-state index in [1.54, 1.807) is 7.11 Å². The van der Waals surface area contributed by atoms with Crippen LogP contribution in [0.15, 0.2) is 0 Å². The Morgan fingerprint density at radius 2 is 1.96 bits per heavy atom. The molecule has 3 atom stereocenters. The molecule has 1 N–H and O–H groups in total. The SMILES string of the molecule is COCCC(=O)NC1CCC2CN(c3nc(C)nc(C)c3C)CC2C1. The Kier molecular flexibility index (Phi) is 5.57. The molecule has 1 aromatic heterocycles. The zero-order valence-electron chi connectivity index (χ0n) is 15.8. The van der Waals surface area contributed by atoms with Crippen LogP contribution >= 0.6 is 0 Å². The van der Waals surface area contributed by atoms with Gasteiger partial charge in [0.1, 0.15) is 11.6 Å². The van der Waals surface area contributed by atoms with Crippen LogP contribution in [-0.2, 0) is 9.53 Å². The van der Waals surface area contributed by atoms with Crippen LogP contribution in [-0.4, -0.2) is 48.7 Å². The number of methoxy groups -OCH3 is 1. The van der Waals surface area contributed by atoms with Gasteiger partial charge in [0.25, 0.3) is 0 Å². The van der Waals surface area contributed by atoms with Gasteiger partial charge in [-0.05, 0) is 51.9 Å². The molecule has 2 heterocycles. The Balaban J connectivity index is 1.62. The topological polar surface area (TPSA) is 67.3 Å². The minimum atomic E-state index is 0.109. The molecule has 2 fully saturated rings. The lowest BCUT2D eigenvalue weighted by Crippen LogP contribution is -2.40. The standard InChI is InChI=1S/C19H30N4O2/c1-12-13(2)20-14(3)21-19(12)23-10-15-5-6-17(9-16(15)11-23)22-18(24)7-8-25-4/h15-17H,5-11H2,1-4H3,(H,22,24). The predicted octanol–water partition coefficient (Wildman–Crippen LogP) is 2.16. The molecule has 1 aromatic rings. The molecule has 2 aliphatic rings. The maximum absolute atomic E-state index is 11.9. The Hall–Kier alpha value is -1.69. The maximum atomic E-state index is 11.9. The number of anilines is 1. The van der Waals surface area contributed by atoms with Crippen molar-refractivity contribution >= 4 is 11.7 Å². The van der Waals surface area contributed by atoms with Crippen LogP contribution in [0.4, 0.5) is 5.82 Å². The van der Waals surface area contributed by atoms with Gasteiger partial charge in [0.05, 0.1) is 6.61 Å². The van der Waals surface area contributed by atoms with Crippen molar-refractivity contribution < 1.29 is 9.53 Å². The minimum absolute atomic E-state index is 0.109. The summed E-state index contributed by atoms with van der Waals surface area (Å²) in [5, 5.41) is 3.19. The second kappa shape index (κ2) is 7.68. The molecule has 1 amide bonds. The molecule has 1 aliphatic carbocycles. The van der Waals surface area contributed by atoms with Crippen molar-refractivity contribution in [1.29, 1.82) is 0 Å². The van der Waals surface area contributed by atoms with Gasteiger partial charge < -0.3 is 15.0 Å². The zero-order chi connectivity index (χ0) is 18.0. The summed E-state index contributed by atoms with van der Waals surface area (Å²) in [4.78, 5) is 23.6. The van der Waals surface area contributed by atoms with Crippen molar-refractivity contribution in [2.24, 2.45) is 11.8 Å². The molecule has 6 nitrogen and oxygen atoms in total. The molecule has 138 valence electrons. The normalized spacial score (nSPS) is 25.8. The molecule has 0 aromatic carbocycles. The number of rotatable bonds is 5. The van der Waals surface area contributed by atoms with Gasteiger partial charge in [-0.1, -0.05) is 0 Å². The van der Waals surface area contributed by atoms with Crippen LogP contribution in [0.25, 0.3) is 0 Å². The smallest absolute Gasteiger partial charge is 0.222 e. The van der Waals surface area contributed by atoms with Crippen LogP contribution in [0.2, 0.25) is 0 Å². The fourth-order valence-corrected chi connectivity index (χ4v) is 4.29. The molecule has 3 unspecified atom stereocenters. The summed E-state index contributed by atoms with van der Waals surface area (Å²) in [6.45, 7) is 8.74. The Morgan fingerprint density at radius 1 is 1.20 bits per heavy atom. The van der Waals surface area contributed by atoms with E-state index in [9.17, 15) is 4.79 Å². The molecule has 3 rings (SSSR count). The van der Waals surface area contributed by atoms with Crippen LogP contribution in [0.1, 0.15) is 42.8 Å². The van der Waals surface area contributed by atoms with Gasteiger partial charge in [-0.25, -0.2) is 9.97 Å². The van der Waals surface area contributed by atoms with Crippen molar-refractivity contribution in [3.05, 3.63) is 17.1 Å². The average molecular weight is 346 g/mol. The maximum Gasteiger partial charge on any atom is 0.222 e. The lowest BCUT2D eigenvalue weighted by atomic mass is 9.79. The molecule has 0 bridgehead atoms. The third kappa shape index (κ3) is 4.11. The molecular weight excluding hydrogens is 316 g/mol. The third-order valence-electron chi connectivity index (χ3n) is 5.72. The van der Waals surface area contributed by atoms with E-state index in [2.05, 4.69) is 29.0 Å². The number of carbonyl (C=O) groups is 1. The van der Waals surface area contributed by atoms with Gasteiger partial charge >= 0.3 is 0 Å². The second-order valence-electron chi connectivity index (χ2n) is 7.55. The fourth-order valence-electron chi connectivity index (χ4n) is 4.29. The van der Waals surface area contributed by atoms with Crippen molar-refractivity contribution in [3.63, 3.8) is 0 Å². The number of ether oxygens (including phenoxy) is 1. The first kappa shape index (κ1) is 18.1. The number of aryl methyl sites for hydroxylation is 2. The third-order valence-corrected chi connectivity index (χ3v) is 5.72. The highest BCUT2D eigenvalue weighted by atomic mass is 16.5. The Labute approximate surface area is 150 Å². The van der Waals surface area contributed by atoms with Gasteiger partial charge in [-0.2, -0.15) is 0 Å². The summed E-state index contributed by atoms with van der Waals surface area (Å²) in [7, 11) is 1.63. The molecule has 25 heavy (non-hydrogen) atoms. The Morgan fingerprint density at radius 3 is 2.72 bits per heavy atom. The van der Waals surface area contributed by atoms with Crippen LogP contribution < -0.4 is 10.2 Å². The number of fused-ring (bicyclic) bond motifs is 1. The van der Waals surface area contributed by atoms with Crippen LogP contribution in [0.3, 0.4) is 0 Å². The first-order valence-electron chi connectivity index (χ1n) is 9.33. The van der Waals surface area contributed by atoms with E-state index in [0.29, 0.717) is 30.9 Å². The van der Waals surface area contributed by atoms with Crippen molar-refractivity contribution in [2.45, 2.75) is 52.5 Å². The van der Waals surface area contributed by atoms with Gasteiger partial charge in [-0.15, -0.1) is 0 Å². The monoisotopic (exact) mass is 346 g/mol. The van der Waals surface area contributed by atoms with Crippen LogP contribution in [0, 0.1) is 32.6 Å². The quantitative estimate of drug-likeness (QED) is 0.885. The summed E-state index contributed by atoms with van der Waals surface area (Å²) >= 11 is 0. The largest absolute Gasteiger partial charge is 0.384 e. The van der Waals surface area contributed by atoms with E-state index < -0.39 is 0 Å². The molecule has 0 radical (unpaired) electrons. The second-order valence-corrected chi connectivity index (χ2v) is 7.55. The van der Waals surface area contributed by atoms with E-state index in [4.69, 9.17) is 9.72 Å². The highest BCUT2D eigenvalue weighted by molar-refractivity contribution is 5.76. The number of nitrogens with zero attached hydrogens (tertiary/aromatic N) is 3. The summed E-state index contributed by atoms with van der Waals surface area (Å²) in [6, 6.07) is 0.306. The number of hydrogen-bond acceptors (Lipinski definition) is 5. The van der Waals surface area contributed by atoms with Gasteiger partial charge in [0.2, 0.25) is 5.91 Å². The van der Waals surface area contributed by atoms with E-state index in [1.165, 1.54) is 12.0 Å². The number of amides is 1. The zero-order valence-corrected chi connectivity index (χ0v) is 15.8. The predicted molar refractivity (Wildman–Crippen MR) is 97.7 cm³/mol. The van der Waals surface area contributed by atoms with Crippen molar-refractivity contribution in [3.8, 4) is 0 Å². The molecular formula is C19H30N4O2. The number of aromatic nitrogens is 2. The highest BCUT2D eigenvalue weighted by Crippen LogP contribution is 2.38. The van der Waals surface area contributed by atoms with Gasteiger partial charge in [-0.3, -0.25) is 4.79 Å². The molecule has 6 heteroatoms. The highest BCUT2D eigenvalue weighted by Gasteiger charge is 2.39. The van der Waals surface area contributed by atoms with E-state index in [-0.39, 0.29) is 5.91 Å².